The Labute approximate surface area is 152 Å². The van der Waals surface area contributed by atoms with E-state index in [1.165, 1.54) is 16.9 Å². The molecule has 0 fully saturated rings. The summed E-state index contributed by atoms with van der Waals surface area (Å²) in [5.41, 5.74) is 2.18. The zero-order chi connectivity index (χ0) is 15.3. The summed E-state index contributed by atoms with van der Waals surface area (Å²) in [4.78, 5) is 15.8. The zero-order valence-electron chi connectivity index (χ0n) is 12.5. The van der Waals surface area contributed by atoms with Crippen LogP contribution in [0.25, 0.3) is 10.9 Å². The maximum absolute atomic E-state index is 14.0. The van der Waals surface area contributed by atoms with Crippen molar-refractivity contribution in [1.29, 1.82) is 0 Å². The molecule has 0 amide bonds. The third-order valence-corrected chi connectivity index (χ3v) is 4.44. The molecule has 0 saturated heterocycles. The second-order valence-electron chi connectivity index (χ2n) is 5.32. The molecule has 2 aromatic heterocycles. The van der Waals surface area contributed by atoms with Crippen LogP contribution in [-0.2, 0) is 17.8 Å². The van der Waals surface area contributed by atoms with Crippen LogP contribution in [0.15, 0.2) is 29.1 Å². The molecule has 1 atom stereocenters. The molecule has 8 heteroatoms. The summed E-state index contributed by atoms with van der Waals surface area (Å²) in [6, 6.07) is 2.34. The summed E-state index contributed by atoms with van der Waals surface area (Å²) < 4.78 is 18.1. The van der Waals surface area contributed by atoms with Crippen molar-refractivity contribution in [3.8, 4) is 0 Å². The first kappa shape index (κ1) is 16.4. The van der Waals surface area contributed by atoms with E-state index in [1.54, 1.807) is 12.4 Å². The van der Waals surface area contributed by atoms with E-state index in [-0.39, 0.29) is 24.7 Å². The summed E-state index contributed by atoms with van der Waals surface area (Å²) in [6.07, 6.45) is 7.18. The molecule has 0 spiro atoms. The van der Waals surface area contributed by atoms with E-state index in [2.05, 4.69) is 26.0 Å². The summed E-state index contributed by atoms with van der Waals surface area (Å²) in [5, 5.41) is 4.70. The van der Waals surface area contributed by atoms with Crippen LogP contribution in [0.2, 0.25) is 0 Å². The fourth-order valence-electron chi connectivity index (χ4n) is 2.97. The Morgan fingerprint density at radius 1 is 1.39 bits per heavy atom. The van der Waals surface area contributed by atoms with Crippen molar-refractivity contribution < 1.29 is 28.0 Å². The summed E-state index contributed by atoms with van der Waals surface area (Å²) in [6.45, 7) is 0.913. The monoisotopic (exact) mass is 368 g/mol. The zero-order valence-corrected chi connectivity index (χ0v) is 14.0. The van der Waals surface area contributed by atoms with E-state index in [0.717, 1.165) is 25.1 Å². The number of imidazole rings is 1. The van der Waals surface area contributed by atoms with Gasteiger partial charge in [-0.3, -0.25) is 4.68 Å². The molecule has 0 aliphatic carbocycles. The average Bonchev–Trinajstić information content (AvgIpc) is 3.15. The molecule has 3 aromatic rings. The molecule has 0 N–H and O–H groups in total. The van der Waals surface area contributed by atoms with Gasteiger partial charge >= 0.3 is 18.9 Å². The third-order valence-electron chi connectivity index (χ3n) is 3.98. The van der Waals surface area contributed by atoms with Crippen LogP contribution in [-0.4, -0.2) is 25.6 Å². The first-order chi connectivity index (χ1) is 10.7. The number of aryl methyl sites for hydroxylation is 1. The molecule has 1 aliphatic rings. The minimum Gasteiger partial charge on any atom is -0.539 e. The number of hydrogen-bond donors (Lipinski definition) is 0. The Morgan fingerprint density at radius 2 is 2.22 bits per heavy atom. The smallest absolute Gasteiger partial charge is 0.539 e. The number of aromatic nitrogens is 4. The van der Waals surface area contributed by atoms with E-state index >= 15 is 0 Å². The predicted octanol–water partition coefficient (Wildman–Crippen LogP) is -0.216. The molecule has 5 nitrogen and oxygen atoms in total. The fraction of sp³-hybridized carbons (Fsp3) is 0.267. The topological polar surface area (TPSA) is 52.7 Å². The second-order valence-corrected chi connectivity index (χ2v) is 6.24. The number of benzene rings is 1. The Kier molecular flexibility index (Phi) is 4.45. The number of rotatable bonds is 3. The normalized spacial score (nSPS) is 14.5. The number of nitrogens with zero attached hydrogens (tertiary/aromatic N) is 4. The number of fused-ring (bicyclic) bond motifs is 2. The fourth-order valence-corrected chi connectivity index (χ4v) is 3.39. The minimum absolute atomic E-state index is 0. The van der Waals surface area contributed by atoms with Crippen LogP contribution >= 0.6 is 15.9 Å². The van der Waals surface area contributed by atoms with E-state index in [0.29, 0.717) is 21.1 Å². The van der Waals surface area contributed by atoms with Gasteiger partial charge in [-0.25, -0.2) is 15.7 Å². The molecule has 23 heavy (non-hydrogen) atoms. The van der Waals surface area contributed by atoms with Crippen LogP contribution in [0, 0.1) is 5.82 Å². The maximum atomic E-state index is 14.0. The summed E-state index contributed by atoms with van der Waals surface area (Å²) in [7, 11) is 0. The van der Waals surface area contributed by atoms with Gasteiger partial charge in [-0.05, 0) is 25.0 Å². The van der Waals surface area contributed by atoms with E-state index in [9.17, 15) is 9.18 Å². The van der Waals surface area contributed by atoms with Crippen molar-refractivity contribution in [1.82, 2.24) is 19.3 Å². The first-order valence-electron chi connectivity index (χ1n) is 6.93. The van der Waals surface area contributed by atoms with Crippen LogP contribution in [0.3, 0.4) is 0 Å². The van der Waals surface area contributed by atoms with Crippen LogP contribution < -0.4 is 18.9 Å². The van der Waals surface area contributed by atoms with Crippen molar-refractivity contribution in [2.45, 2.75) is 25.4 Å². The van der Waals surface area contributed by atoms with E-state index in [1.807, 2.05) is 10.9 Å². The standard InChI is InChI=1S/C15H11BrFN4O.Li/c16-9-4-11(17)10-6-21(19-12(10)5-9)14(7-22)15-13-2-1-3-20(13)8-18-15;/h4-6,8,14H,1-3H2;/q-1;+1. The van der Waals surface area contributed by atoms with Crippen molar-refractivity contribution in [3.63, 3.8) is 0 Å². The SMILES string of the molecule is O=[C-]C(c1ncn2c1CCC2)n1cc2c(F)cc(Br)cc2n1.[Li+]. The average molecular weight is 369 g/mol. The van der Waals surface area contributed by atoms with Gasteiger partial charge in [0.1, 0.15) is 5.82 Å². The maximum Gasteiger partial charge on any atom is 1.00 e. The van der Waals surface area contributed by atoms with Crippen molar-refractivity contribution >= 4 is 33.1 Å². The van der Waals surface area contributed by atoms with Gasteiger partial charge in [-0.15, -0.1) is 0 Å². The molecule has 112 valence electrons. The van der Waals surface area contributed by atoms with Gasteiger partial charge in [-0.2, -0.15) is 5.10 Å². The Balaban J connectivity index is 0.00000156. The van der Waals surface area contributed by atoms with Gasteiger partial charge in [-0.1, -0.05) is 15.9 Å². The van der Waals surface area contributed by atoms with Crippen molar-refractivity contribution in [3.05, 3.63) is 46.3 Å². The van der Waals surface area contributed by atoms with Crippen molar-refractivity contribution in [2.75, 3.05) is 0 Å². The summed E-state index contributed by atoms with van der Waals surface area (Å²) in [5.74, 6) is -0.379. The minimum atomic E-state index is -0.750. The number of hydrogen-bond acceptors (Lipinski definition) is 3. The molecule has 1 aromatic carbocycles. The van der Waals surface area contributed by atoms with Crippen LogP contribution in [0.5, 0.6) is 0 Å². The van der Waals surface area contributed by atoms with E-state index < -0.39 is 6.04 Å². The van der Waals surface area contributed by atoms with Crippen LogP contribution in [0.1, 0.15) is 23.9 Å². The molecule has 1 aliphatic heterocycles. The van der Waals surface area contributed by atoms with Gasteiger partial charge in [0, 0.05) is 29.0 Å². The quantitative estimate of drug-likeness (QED) is 0.474. The number of halogens is 2. The summed E-state index contributed by atoms with van der Waals surface area (Å²) >= 11 is 3.24. The van der Waals surface area contributed by atoms with Gasteiger partial charge in [0.25, 0.3) is 0 Å². The molecule has 0 radical (unpaired) electrons. The van der Waals surface area contributed by atoms with Gasteiger partial charge < -0.3 is 9.36 Å². The van der Waals surface area contributed by atoms with Gasteiger partial charge in [0.05, 0.1) is 22.9 Å². The van der Waals surface area contributed by atoms with E-state index in [4.69, 9.17) is 0 Å². The Morgan fingerprint density at radius 3 is 3.00 bits per heavy atom. The Hall–Kier alpha value is -1.42. The van der Waals surface area contributed by atoms with Gasteiger partial charge in [0.2, 0.25) is 0 Å². The molecular formula is C15H11BrFLiN4O. The molecule has 4 rings (SSSR count). The van der Waals surface area contributed by atoms with Crippen molar-refractivity contribution in [2.24, 2.45) is 0 Å². The molecule has 1 unspecified atom stereocenters. The molecule has 0 bridgehead atoms. The predicted molar refractivity (Wildman–Crippen MR) is 81.8 cm³/mol. The first-order valence-corrected chi connectivity index (χ1v) is 7.72. The molecule has 3 heterocycles. The van der Waals surface area contributed by atoms with Crippen LogP contribution in [0.4, 0.5) is 4.39 Å². The number of carbonyl (C=O) groups excluding carboxylic acids is 1. The molecular weight excluding hydrogens is 358 g/mol. The second kappa shape index (κ2) is 6.23. The third kappa shape index (κ3) is 2.67. The van der Waals surface area contributed by atoms with Gasteiger partial charge in [0.15, 0.2) is 0 Å². The molecule has 0 saturated carbocycles. The largest absolute Gasteiger partial charge is 1.00 e. The Bertz CT molecular complexity index is 891.